The topological polar surface area (TPSA) is 112 Å². The van der Waals surface area contributed by atoms with Crippen molar-refractivity contribution in [3.05, 3.63) is 56.0 Å². The maximum Gasteiger partial charge on any atom is 0.332 e. The molecule has 11 heteroatoms. The van der Waals surface area contributed by atoms with Crippen LogP contribution in [0.1, 0.15) is 32.3 Å². The normalized spacial score (nSPS) is 10.9. The van der Waals surface area contributed by atoms with Gasteiger partial charge in [-0.3, -0.25) is 19.0 Å². The van der Waals surface area contributed by atoms with E-state index in [2.05, 4.69) is 5.32 Å². The van der Waals surface area contributed by atoms with E-state index in [1.54, 1.807) is 36.6 Å². The highest BCUT2D eigenvalue weighted by molar-refractivity contribution is 7.17. The van der Waals surface area contributed by atoms with E-state index in [1.165, 1.54) is 15.9 Å². The van der Waals surface area contributed by atoms with E-state index >= 15 is 0 Å². The highest BCUT2D eigenvalue weighted by atomic mass is 32.1. The lowest BCUT2D eigenvalue weighted by Crippen LogP contribution is -2.46. The van der Waals surface area contributed by atoms with Crippen molar-refractivity contribution in [2.75, 3.05) is 33.9 Å². The number of methoxy groups -OCH3 is 2. The first kappa shape index (κ1) is 28.0. The van der Waals surface area contributed by atoms with E-state index in [4.69, 9.17) is 9.47 Å². The molecule has 1 N–H and O–H groups in total. The zero-order chi connectivity index (χ0) is 26.9. The van der Waals surface area contributed by atoms with Gasteiger partial charge in [0.25, 0.3) is 5.56 Å². The van der Waals surface area contributed by atoms with Gasteiger partial charge in [0.15, 0.2) is 11.5 Å². The molecule has 0 saturated carbocycles. The number of carbonyl (C=O) groups excluding carboxylic acids is 2. The maximum absolute atomic E-state index is 13.3. The molecule has 0 aliphatic carbocycles. The monoisotopic (exact) mass is 530 g/mol. The number of nitrogens with zero attached hydrogens (tertiary/aromatic N) is 3. The van der Waals surface area contributed by atoms with Crippen LogP contribution in [0.25, 0.3) is 10.2 Å². The SMILES string of the molecule is CCCN(CCC)C(=O)Cn1c(=O)n(CC(=O)NCCc2ccc(OC)c(OC)c2)c(=O)c2sccc21. The summed E-state index contributed by atoms with van der Waals surface area (Å²) in [7, 11) is 3.11. The molecule has 3 aromatic rings. The number of rotatable bonds is 13. The van der Waals surface area contributed by atoms with E-state index in [0.29, 0.717) is 47.8 Å². The molecule has 0 radical (unpaired) electrons. The van der Waals surface area contributed by atoms with Gasteiger partial charge in [0, 0.05) is 19.6 Å². The molecule has 0 unspecified atom stereocenters. The molecule has 200 valence electrons. The summed E-state index contributed by atoms with van der Waals surface area (Å²) in [6.45, 7) is 4.85. The lowest BCUT2D eigenvalue weighted by molar-refractivity contribution is -0.132. The van der Waals surface area contributed by atoms with Crippen LogP contribution < -0.4 is 26.0 Å². The van der Waals surface area contributed by atoms with Crippen molar-refractivity contribution in [2.45, 2.75) is 46.2 Å². The summed E-state index contributed by atoms with van der Waals surface area (Å²) in [4.78, 5) is 53.7. The first-order chi connectivity index (χ1) is 17.8. The molecule has 2 heterocycles. The molecular formula is C26H34N4O6S. The van der Waals surface area contributed by atoms with Crippen molar-refractivity contribution in [3.8, 4) is 11.5 Å². The van der Waals surface area contributed by atoms with Crippen LogP contribution in [0.5, 0.6) is 11.5 Å². The van der Waals surface area contributed by atoms with Crippen molar-refractivity contribution in [1.82, 2.24) is 19.4 Å². The van der Waals surface area contributed by atoms with E-state index in [1.807, 2.05) is 26.0 Å². The minimum atomic E-state index is -0.674. The van der Waals surface area contributed by atoms with Crippen LogP contribution in [0.4, 0.5) is 0 Å². The molecule has 0 saturated heterocycles. The van der Waals surface area contributed by atoms with Crippen LogP contribution in [0.15, 0.2) is 39.2 Å². The Labute approximate surface area is 219 Å². The van der Waals surface area contributed by atoms with Gasteiger partial charge in [0.2, 0.25) is 11.8 Å². The van der Waals surface area contributed by atoms with Gasteiger partial charge in [0.1, 0.15) is 17.8 Å². The van der Waals surface area contributed by atoms with Crippen LogP contribution in [0, 0.1) is 0 Å². The van der Waals surface area contributed by atoms with Crippen LogP contribution in [-0.4, -0.2) is 59.7 Å². The standard InChI is InChI=1S/C26H34N4O6S/c1-5-12-28(13-6-2)23(32)17-29-19-10-14-37-24(19)25(33)30(26(29)34)16-22(31)27-11-9-18-7-8-20(35-3)21(15-18)36-4/h7-8,10,14-15H,5-6,9,11-13,16-17H2,1-4H3,(H,27,31). The van der Waals surface area contributed by atoms with Crippen LogP contribution >= 0.6 is 11.3 Å². The molecule has 0 bridgehead atoms. The number of hydrogen-bond acceptors (Lipinski definition) is 7. The highest BCUT2D eigenvalue weighted by Gasteiger charge is 2.20. The second kappa shape index (κ2) is 13.1. The number of nitrogens with one attached hydrogen (secondary N) is 1. The van der Waals surface area contributed by atoms with Crippen molar-refractivity contribution in [1.29, 1.82) is 0 Å². The Bertz CT molecular complexity index is 1350. The molecule has 0 spiro atoms. The molecular weight excluding hydrogens is 496 g/mol. The Morgan fingerprint density at radius 1 is 0.973 bits per heavy atom. The minimum absolute atomic E-state index is 0.187. The van der Waals surface area contributed by atoms with Crippen LogP contribution in [-0.2, 0) is 29.1 Å². The Kier molecular flexibility index (Phi) is 9.90. The van der Waals surface area contributed by atoms with Crippen molar-refractivity contribution >= 4 is 33.4 Å². The molecule has 0 atom stereocenters. The lowest BCUT2D eigenvalue weighted by atomic mass is 10.1. The molecule has 2 aromatic heterocycles. The largest absolute Gasteiger partial charge is 0.493 e. The number of ether oxygens (including phenoxy) is 2. The lowest BCUT2D eigenvalue weighted by Gasteiger charge is -2.22. The Hall–Kier alpha value is -3.60. The van der Waals surface area contributed by atoms with Crippen molar-refractivity contribution in [3.63, 3.8) is 0 Å². The third-order valence-corrected chi connectivity index (χ3v) is 6.85. The number of aromatic nitrogens is 2. The molecule has 0 aliphatic rings. The Morgan fingerprint density at radius 3 is 2.32 bits per heavy atom. The van der Waals surface area contributed by atoms with Gasteiger partial charge in [-0.2, -0.15) is 0 Å². The molecule has 10 nitrogen and oxygen atoms in total. The highest BCUT2D eigenvalue weighted by Crippen LogP contribution is 2.27. The minimum Gasteiger partial charge on any atom is -0.493 e. The number of amides is 2. The fraction of sp³-hybridized carbons (Fsp3) is 0.462. The second-order valence-corrected chi connectivity index (χ2v) is 9.48. The average Bonchev–Trinajstić information content (AvgIpc) is 3.39. The first-order valence-corrected chi connectivity index (χ1v) is 13.2. The number of hydrogen-bond donors (Lipinski definition) is 1. The first-order valence-electron chi connectivity index (χ1n) is 12.3. The molecule has 37 heavy (non-hydrogen) atoms. The van der Waals surface area contributed by atoms with Crippen LogP contribution in [0.3, 0.4) is 0 Å². The van der Waals surface area contributed by atoms with Gasteiger partial charge < -0.3 is 19.7 Å². The van der Waals surface area contributed by atoms with Gasteiger partial charge in [0.05, 0.1) is 19.7 Å². The molecule has 3 rings (SSSR count). The van der Waals surface area contributed by atoms with E-state index in [-0.39, 0.29) is 12.5 Å². The molecule has 2 amide bonds. The van der Waals surface area contributed by atoms with Crippen molar-refractivity contribution in [2.24, 2.45) is 0 Å². The number of benzene rings is 1. The smallest absolute Gasteiger partial charge is 0.332 e. The molecule has 0 fully saturated rings. The van der Waals surface area contributed by atoms with E-state index in [0.717, 1.165) is 23.0 Å². The number of carbonyl (C=O) groups is 2. The molecule has 1 aromatic carbocycles. The maximum atomic E-state index is 13.3. The Balaban J connectivity index is 1.76. The third kappa shape index (κ3) is 6.59. The molecule has 0 aliphatic heterocycles. The second-order valence-electron chi connectivity index (χ2n) is 8.57. The van der Waals surface area contributed by atoms with Gasteiger partial charge in [-0.15, -0.1) is 11.3 Å². The number of thiophene rings is 1. The van der Waals surface area contributed by atoms with Crippen molar-refractivity contribution < 1.29 is 19.1 Å². The zero-order valence-electron chi connectivity index (χ0n) is 21.7. The summed E-state index contributed by atoms with van der Waals surface area (Å²) < 4.78 is 13.1. The fourth-order valence-corrected chi connectivity index (χ4v) is 4.99. The summed E-state index contributed by atoms with van der Waals surface area (Å²) in [6, 6.07) is 7.15. The van der Waals surface area contributed by atoms with Gasteiger partial charge in [-0.1, -0.05) is 19.9 Å². The van der Waals surface area contributed by atoms with Gasteiger partial charge >= 0.3 is 5.69 Å². The van der Waals surface area contributed by atoms with Crippen LogP contribution in [0.2, 0.25) is 0 Å². The predicted molar refractivity (Wildman–Crippen MR) is 144 cm³/mol. The quantitative estimate of drug-likeness (QED) is 0.363. The average molecular weight is 531 g/mol. The van der Waals surface area contributed by atoms with Gasteiger partial charge in [-0.05, 0) is 48.4 Å². The summed E-state index contributed by atoms with van der Waals surface area (Å²) >= 11 is 1.18. The summed E-state index contributed by atoms with van der Waals surface area (Å²) in [5, 5.41) is 4.47. The summed E-state index contributed by atoms with van der Waals surface area (Å²) in [6.07, 6.45) is 2.13. The van der Waals surface area contributed by atoms with E-state index < -0.39 is 23.7 Å². The predicted octanol–water partition coefficient (Wildman–Crippen LogP) is 2.25. The van der Waals surface area contributed by atoms with Gasteiger partial charge in [-0.25, -0.2) is 9.36 Å². The third-order valence-electron chi connectivity index (χ3n) is 5.96. The number of fused-ring (bicyclic) bond motifs is 1. The fourth-order valence-electron chi connectivity index (χ4n) is 4.14. The Morgan fingerprint density at radius 2 is 1.68 bits per heavy atom. The summed E-state index contributed by atoms with van der Waals surface area (Å²) in [5.41, 5.74) is 0.131. The van der Waals surface area contributed by atoms with E-state index in [9.17, 15) is 19.2 Å². The zero-order valence-corrected chi connectivity index (χ0v) is 22.6. The summed E-state index contributed by atoms with van der Waals surface area (Å²) in [5.74, 6) is 0.546.